The second kappa shape index (κ2) is 31.6. The number of nitrogens with one attached hydrogen (secondary N) is 3. The van der Waals surface area contributed by atoms with E-state index in [4.69, 9.17) is 38.2 Å². The molecule has 6 aromatic rings. The fourth-order valence-electron chi connectivity index (χ4n) is 11.2. The van der Waals surface area contributed by atoms with E-state index in [2.05, 4.69) is 45.3 Å². The van der Waals surface area contributed by atoms with E-state index < -0.39 is 59.0 Å². The van der Waals surface area contributed by atoms with Crippen LogP contribution in [0, 0.1) is 0 Å². The number of rotatable bonds is 27. The van der Waals surface area contributed by atoms with Crippen molar-refractivity contribution in [3.63, 3.8) is 0 Å². The Morgan fingerprint density at radius 3 is 1.38 bits per heavy atom. The van der Waals surface area contributed by atoms with Crippen LogP contribution >= 0.6 is 15.2 Å². The molecule has 4 aliphatic rings. The number of nitrogens with zero attached hydrogens (tertiary/aromatic N) is 8. The minimum absolute atomic E-state index is 0. The molecule has 2 amide bonds. The summed E-state index contributed by atoms with van der Waals surface area (Å²) in [5, 5.41) is 20.0. The van der Waals surface area contributed by atoms with E-state index in [9.17, 15) is 48.2 Å². The summed E-state index contributed by atoms with van der Waals surface area (Å²) >= 11 is 0. The maximum Gasteiger partial charge on any atom is 1.00 e. The maximum atomic E-state index is 13.7. The number of carboxylic acid groups (broad SMARTS) is 1. The van der Waals surface area contributed by atoms with Crippen LogP contribution < -0.4 is 165 Å². The number of carboxylic acids is 1. The van der Waals surface area contributed by atoms with E-state index in [-0.39, 0.29) is 182 Å². The Morgan fingerprint density at radius 2 is 0.943 bits per heavy atom. The number of hydrogen-bond acceptors (Lipinski definition) is 17. The van der Waals surface area contributed by atoms with Gasteiger partial charge in [-0.3, -0.25) is 18.1 Å². The van der Waals surface area contributed by atoms with Crippen LogP contribution in [0.1, 0.15) is 73.6 Å². The van der Waals surface area contributed by atoms with Crippen LogP contribution in [0.5, 0.6) is 0 Å². The molecule has 23 nitrogen and oxygen atoms in total. The van der Waals surface area contributed by atoms with Gasteiger partial charge in [-0.2, -0.15) is 0 Å². The zero-order chi connectivity index (χ0) is 59.6. The molecule has 6 bridgehead atoms. The smallest absolute Gasteiger partial charge is 0.811 e. The van der Waals surface area contributed by atoms with Gasteiger partial charge in [-0.15, -0.1) is 0 Å². The third-order valence-corrected chi connectivity index (χ3v) is 28.5. The van der Waals surface area contributed by atoms with Gasteiger partial charge in [0.2, 0.25) is 5.91 Å². The predicted molar refractivity (Wildman–Crippen MR) is 319 cm³/mol. The van der Waals surface area contributed by atoms with Crippen molar-refractivity contribution in [3.05, 3.63) is 130 Å². The molecule has 4 aliphatic heterocycles. The number of aliphatic carboxylic acids is 1. The van der Waals surface area contributed by atoms with E-state index in [0.717, 1.165) is 43.8 Å². The molecule has 2 aromatic heterocycles. The molecule has 6 heterocycles. The average Bonchev–Trinajstić information content (AvgIpc) is 1.62. The van der Waals surface area contributed by atoms with Crippen molar-refractivity contribution < 1.29 is 180 Å². The van der Waals surface area contributed by atoms with Gasteiger partial charge in [-0.1, -0.05) is 105 Å². The van der Waals surface area contributed by atoms with Gasteiger partial charge in [-0.25, -0.2) is 30.0 Å². The monoisotopic (exact) mass is 1320 g/mol. The first kappa shape index (κ1) is 74.5. The van der Waals surface area contributed by atoms with Crippen molar-refractivity contribution in [2.75, 3.05) is 45.0 Å². The van der Waals surface area contributed by atoms with E-state index in [1.165, 1.54) is 0 Å². The molecule has 0 spiro atoms. The van der Waals surface area contributed by atoms with Crippen molar-refractivity contribution >= 4 is 115 Å². The molecule has 4 aromatic carbocycles. The minimum atomic E-state index is -4.82. The first-order valence-electron chi connectivity index (χ1n) is 28.2. The molecule has 0 saturated carbocycles. The number of hydrogen-bond donors (Lipinski definition) is 4. The number of aliphatic imine (C=N–C) groups is 4. The van der Waals surface area contributed by atoms with E-state index in [0.29, 0.717) is 95.2 Å². The molecule has 0 fully saturated rings. The Balaban J connectivity index is 0.00000309. The quantitative estimate of drug-likeness (QED) is 0.0212. The molecule has 32 heteroatoms. The summed E-state index contributed by atoms with van der Waals surface area (Å²) in [6, 6.07) is 32.5. The Bertz CT molecular complexity index is 3780. The second-order valence-corrected chi connectivity index (χ2v) is 37.8. The number of carbonyl (C=O) groups excluding carboxylic acids is 3. The SMILES string of the molecule is C[Si](C)(CCCNC(=O)CCCCC(=O)[O-])O[Si]1(O[Si](C)(C)CCCNC(=O)C[NH+](CCCP(=O)([O-])[O-])CCCP(=O)([O-])O)n2c3c4ccccc4c2N=C2N=C(N=c4c5ccccc5c(n41)=NC1=NC(=N3)c3ccccc31)c1ccccc12.[Na+].[Na+].[Na+].[Na+]. The Labute approximate surface area is 601 Å². The van der Waals surface area contributed by atoms with Gasteiger partial charge in [0.25, 0.3) is 5.91 Å². The second-order valence-electron chi connectivity index (χ2n) is 22.7. The summed E-state index contributed by atoms with van der Waals surface area (Å²) in [6.07, 6.45) is 0.649. The first-order chi connectivity index (χ1) is 40.0. The van der Waals surface area contributed by atoms with E-state index in [1.807, 2.05) is 97.1 Å². The zero-order valence-corrected chi connectivity index (χ0v) is 64.0. The molecular weight excluding hydrogens is 1260 g/mol. The van der Waals surface area contributed by atoms with Crippen LogP contribution in [0.2, 0.25) is 38.3 Å². The molecule has 0 radical (unpaired) electrons. The number of amidine groups is 4. The number of unbranched alkanes of at least 4 members (excludes halogenated alkanes) is 1. The van der Waals surface area contributed by atoms with Crippen molar-refractivity contribution in [2.45, 2.75) is 89.6 Å². The molecule has 4 N–H and O–H groups in total. The number of carbonyl (C=O) groups is 3. The van der Waals surface area contributed by atoms with Gasteiger partial charge in [0.15, 0.2) is 46.5 Å². The number of benzene rings is 4. The number of amides is 2. The first-order valence-corrected chi connectivity index (χ1v) is 39.7. The number of quaternary nitrogens is 1. The predicted octanol–water partition coefficient (Wildman–Crippen LogP) is -9.72. The summed E-state index contributed by atoms with van der Waals surface area (Å²) < 4.78 is 43.7. The molecule has 0 aliphatic carbocycles. The van der Waals surface area contributed by atoms with E-state index >= 15 is 0 Å². The third-order valence-electron chi connectivity index (χ3n) is 15.1. The molecule has 88 heavy (non-hydrogen) atoms. The normalized spacial score (nSPS) is 16.4. The van der Waals surface area contributed by atoms with Crippen LogP contribution in [-0.2, 0) is 31.7 Å². The van der Waals surface area contributed by atoms with Crippen molar-refractivity contribution in [1.29, 1.82) is 0 Å². The molecule has 3 atom stereocenters. The summed E-state index contributed by atoms with van der Waals surface area (Å²) in [5.41, 5.74) is 4.06. The fourth-order valence-corrected chi connectivity index (χ4v) is 24.9. The van der Waals surface area contributed by atoms with Gasteiger partial charge in [0.05, 0.1) is 13.1 Å². The summed E-state index contributed by atoms with van der Waals surface area (Å²) in [6.45, 7) is 9.12. The zero-order valence-electron chi connectivity index (χ0n) is 51.2. The van der Waals surface area contributed by atoms with Crippen molar-refractivity contribution in [3.8, 4) is 0 Å². The Morgan fingerprint density at radius 1 is 0.545 bits per heavy atom. The maximum absolute atomic E-state index is 13.7. The van der Waals surface area contributed by atoms with Gasteiger partial charge in [0, 0.05) is 88.3 Å². The topological polar surface area (TPSA) is 329 Å². The van der Waals surface area contributed by atoms with Crippen molar-refractivity contribution in [2.24, 2.45) is 30.0 Å². The van der Waals surface area contributed by atoms with Crippen molar-refractivity contribution in [1.82, 2.24) is 19.1 Å². The van der Waals surface area contributed by atoms with Crippen LogP contribution in [0.4, 0.5) is 11.6 Å². The minimum Gasteiger partial charge on any atom is -0.811 e. The standard InChI is InChI=1S/C56H69N11O12P2Si3.4Na/c1-82(2,35-15-29-57-46(68)27-13-14-28-48(70)71)78-84(79-83(3,4)36-16-30-58-47(69)37-65(31-17-33-80(72,73)74)32-18-34-81(75,76)77)66-53-42-23-9-10-24-43(42)55(66)63-51-40-21-7-8-22-41(40)52(60-51)64-56-45-26-12-11-25-44(45)54(67(56)84)62-50-39-20-6-5-19-38(39)49(59-50)61-53;;;;/h5-12,19-26H,13-18,27-37H2,1-4H3,(H,57,68)(H,58,69)(H,70,71)(H2,72,73,74)(H2,75,76,77);;;;/q;4*+1/p-3. The average molecular weight is 1320 g/mol. The summed E-state index contributed by atoms with van der Waals surface area (Å²) in [7, 11) is -20.4. The van der Waals surface area contributed by atoms with Gasteiger partial charge < -0.3 is 62.4 Å². The Kier molecular flexibility index (Phi) is 26.8. The molecular formula is C56H66N11Na4O12P2Si3+. The number of fused-ring (bicyclic) bond motifs is 14. The van der Waals surface area contributed by atoms with E-state index in [1.54, 1.807) is 0 Å². The van der Waals surface area contributed by atoms with Crippen LogP contribution in [-0.4, -0.2) is 125 Å². The van der Waals surface area contributed by atoms with Gasteiger partial charge >= 0.3 is 127 Å². The summed E-state index contributed by atoms with van der Waals surface area (Å²) in [5.74, 6) is 0.959. The fraction of sp³-hybridized carbons (Fsp3) is 0.375. The molecule has 10 rings (SSSR count). The third kappa shape index (κ3) is 17.8. The largest absolute Gasteiger partial charge is 1.00 e. The molecule has 442 valence electrons. The van der Waals surface area contributed by atoms with Gasteiger partial charge in [-0.05, 0) is 76.5 Å². The number of aromatic nitrogens is 2. The molecule has 0 saturated heterocycles. The Hall–Kier alpha value is -2.52. The molecule has 3 unspecified atom stereocenters. The summed E-state index contributed by atoms with van der Waals surface area (Å²) in [4.78, 5) is 115. The van der Waals surface area contributed by atoms with Crippen LogP contribution in [0.25, 0.3) is 21.5 Å². The van der Waals surface area contributed by atoms with Crippen LogP contribution in [0.15, 0.2) is 127 Å². The van der Waals surface area contributed by atoms with Gasteiger partial charge in [0.1, 0.15) is 30.2 Å². The van der Waals surface area contributed by atoms with Crippen LogP contribution in [0.3, 0.4) is 0 Å².